The first kappa shape index (κ1) is 12.8. The Hall–Kier alpha value is -1.63. The van der Waals surface area contributed by atoms with Crippen molar-refractivity contribution in [2.45, 2.75) is 31.7 Å². The van der Waals surface area contributed by atoms with E-state index in [1.807, 2.05) is 0 Å². The van der Waals surface area contributed by atoms with Crippen molar-refractivity contribution >= 4 is 5.97 Å². The average Bonchev–Trinajstić information content (AvgIpc) is 2.53. The molecule has 0 bridgehead atoms. The lowest BCUT2D eigenvalue weighted by atomic mass is 9.91. The summed E-state index contributed by atoms with van der Waals surface area (Å²) in [6.45, 7) is 1.31. The van der Waals surface area contributed by atoms with Crippen molar-refractivity contribution < 1.29 is 27.8 Å². The summed E-state index contributed by atoms with van der Waals surface area (Å²) in [5, 5.41) is 8.79. The number of nitrogens with zero attached hydrogens (tertiary/aromatic N) is 1. The van der Waals surface area contributed by atoms with Crippen LogP contribution in [0, 0.1) is 0 Å². The first-order valence-corrected chi connectivity index (χ1v) is 5.15. The maximum atomic E-state index is 12.5. The van der Waals surface area contributed by atoms with Crippen LogP contribution in [0.25, 0.3) is 0 Å². The number of carbonyl (C=O) groups is 1. The third kappa shape index (κ3) is 2.31. The number of pyridine rings is 1. The average molecular weight is 261 g/mol. The molecule has 0 spiro atoms. The number of carboxylic acids is 1. The van der Waals surface area contributed by atoms with E-state index in [1.165, 1.54) is 13.1 Å². The van der Waals surface area contributed by atoms with E-state index in [0.717, 1.165) is 6.07 Å². The molecule has 1 aromatic rings. The Labute approximate surface area is 100 Å². The SMILES string of the molecule is CC1(CC(F)(F)F)OCc2cnc(C(=O)O)cc21. The van der Waals surface area contributed by atoms with Gasteiger partial charge in [0.15, 0.2) is 0 Å². The lowest BCUT2D eigenvalue weighted by molar-refractivity contribution is -0.184. The molecule has 18 heavy (non-hydrogen) atoms. The van der Waals surface area contributed by atoms with E-state index in [1.54, 1.807) is 0 Å². The Kier molecular flexibility index (Phi) is 2.81. The molecule has 1 aliphatic rings. The quantitative estimate of drug-likeness (QED) is 0.888. The van der Waals surface area contributed by atoms with Crippen LogP contribution in [0.2, 0.25) is 0 Å². The third-order valence-electron chi connectivity index (χ3n) is 2.86. The Balaban J connectivity index is 2.42. The van der Waals surface area contributed by atoms with E-state index in [0.29, 0.717) is 5.56 Å². The molecule has 0 saturated carbocycles. The molecular weight excluding hydrogens is 251 g/mol. The minimum Gasteiger partial charge on any atom is -0.477 e. The van der Waals surface area contributed by atoms with Crippen molar-refractivity contribution in [1.29, 1.82) is 0 Å². The van der Waals surface area contributed by atoms with E-state index in [9.17, 15) is 18.0 Å². The first-order chi connectivity index (χ1) is 8.21. The lowest BCUT2D eigenvalue weighted by Crippen LogP contribution is -2.29. The number of aromatic carboxylic acids is 1. The van der Waals surface area contributed by atoms with Crippen molar-refractivity contribution in [1.82, 2.24) is 4.98 Å². The summed E-state index contributed by atoms with van der Waals surface area (Å²) in [5.41, 5.74) is -1.09. The van der Waals surface area contributed by atoms with Crippen LogP contribution < -0.4 is 0 Å². The zero-order valence-corrected chi connectivity index (χ0v) is 9.41. The summed E-state index contributed by atoms with van der Waals surface area (Å²) >= 11 is 0. The summed E-state index contributed by atoms with van der Waals surface area (Å²) in [6.07, 6.45) is -4.29. The van der Waals surface area contributed by atoms with Gasteiger partial charge in [-0.15, -0.1) is 0 Å². The minimum atomic E-state index is -4.39. The number of fused-ring (bicyclic) bond motifs is 1. The maximum absolute atomic E-state index is 12.5. The second kappa shape index (κ2) is 3.94. The summed E-state index contributed by atoms with van der Waals surface area (Å²) in [7, 11) is 0. The monoisotopic (exact) mass is 261 g/mol. The highest BCUT2D eigenvalue weighted by atomic mass is 19.4. The van der Waals surface area contributed by atoms with Gasteiger partial charge in [0.2, 0.25) is 0 Å². The highest BCUT2D eigenvalue weighted by molar-refractivity contribution is 5.85. The summed E-state index contributed by atoms with van der Waals surface area (Å²) < 4.78 is 42.7. The third-order valence-corrected chi connectivity index (χ3v) is 2.86. The highest BCUT2D eigenvalue weighted by Gasteiger charge is 2.45. The van der Waals surface area contributed by atoms with Crippen molar-refractivity contribution in [2.24, 2.45) is 0 Å². The van der Waals surface area contributed by atoms with Gasteiger partial charge in [0.25, 0.3) is 0 Å². The molecule has 1 aromatic heterocycles. The maximum Gasteiger partial charge on any atom is 0.392 e. The molecule has 0 fully saturated rings. The van der Waals surface area contributed by atoms with E-state index >= 15 is 0 Å². The van der Waals surface area contributed by atoms with Crippen LogP contribution >= 0.6 is 0 Å². The van der Waals surface area contributed by atoms with Gasteiger partial charge < -0.3 is 9.84 Å². The van der Waals surface area contributed by atoms with Gasteiger partial charge in [-0.1, -0.05) is 0 Å². The zero-order valence-electron chi connectivity index (χ0n) is 9.41. The number of aromatic nitrogens is 1. The summed E-state index contributed by atoms with van der Waals surface area (Å²) in [4.78, 5) is 14.4. The highest BCUT2D eigenvalue weighted by Crippen LogP contribution is 2.43. The van der Waals surface area contributed by atoms with Gasteiger partial charge >= 0.3 is 12.1 Å². The van der Waals surface area contributed by atoms with Gasteiger partial charge in [0.05, 0.1) is 18.6 Å². The molecule has 1 atom stereocenters. The smallest absolute Gasteiger partial charge is 0.392 e. The molecule has 1 aliphatic heterocycles. The van der Waals surface area contributed by atoms with E-state index in [-0.39, 0.29) is 17.9 Å². The molecule has 0 radical (unpaired) electrons. The number of rotatable bonds is 2. The predicted octanol–water partition coefficient (Wildman–Crippen LogP) is 2.48. The fourth-order valence-corrected chi connectivity index (χ4v) is 2.05. The van der Waals surface area contributed by atoms with Crippen LogP contribution in [-0.2, 0) is 16.9 Å². The molecule has 7 heteroatoms. The summed E-state index contributed by atoms with van der Waals surface area (Å²) in [5.74, 6) is -1.28. The fourth-order valence-electron chi connectivity index (χ4n) is 2.05. The fraction of sp³-hybridized carbons (Fsp3) is 0.455. The molecule has 1 unspecified atom stereocenters. The summed E-state index contributed by atoms with van der Waals surface area (Å²) in [6, 6.07) is 1.15. The van der Waals surface area contributed by atoms with Gasteiger partial charge in [-0.05, 0) is 18.6 Å². The minimum absolute atomic E-state index is 0.00874. The van der Waals surface area contributed by atoms with Crippen molar-refractivity contribution in [2.75, 3.05) is 0 Å². The molecular formula is C11H10F3NO3. The largest absolute Gasteiger partial charge is 0.477 e. The van der Waals surface area contributed by atoms with Crippen molar-refractivity contribution in [3.05, 3.63) is 29.1 Å². The Morgan fingerprint density at radius 2 is 2.28 bits per heavy atom. The van der Waals surface area contributed by atoms with Gasteiger partial charge in [-0.2, -0.15) is 13.2 Å². The zero-order chi connectivity index (χ0) is 13.6. The van der Waals surface area contributed by atoms with Crippen LogP contribution in [0.3, 0.4) is 0 Å². The number of hydrogen-bond donors (Lipinski definition) is 1. The predicted molar refractivity (Wildman–Crippen MR) is 54.0 cm³/mol. The molecule has 1 N–H and O–H groups in total. The van der Waals surface area contributed by atoms with Crippen LogP contribution in [0.4, 0.5) is 13.2 Å². The van der Waals surface area contributed by atoms with E-state index < -0.39 is 24.2 Å². The molecule has 98 valence electrons. The number of carboxylic acid groups (broad SMARTS) is 1. The van der Waals surface area contributed by atoms with Crippen LogP contribution in [0.15, 0.2) is 12.3 Å². The van der Waals surface area contributed by atoms with Crippen molar-refractivity contribution in [3.63, 3.8) is 0 Å². The van der Waals surface area contributed by atoms with E-state index in [2.05, 4.69) is 4.98 Å². The first-order valence-electron chi connectivity index (χ1n) is 5.15. The molecule has 0 aliphatic carbocycles. The Morgan fingerprint density at radius 3 is 2.83 bits per heavy atom. The van der Waals surface area contributed by atoms with E-state index in [4.69, 9.17) is 9.84 Å². The van der Waals surface area contributed by atoms with Gasteiger partial charge in [-0.3, -0.25) is 0 Å². The van der Waals surface area contributed by atoms with Crippen LogP contribution in [0.5, 0.6) is 0 Å². The standard InChI is InChI=1S/C11H10F3NO3/c1-10(5-11(12,13)14)7-2-8(9(16)17)15-3-6(7)4-18-10/h2-3H,4-5H2,1H3,(H,16,17). The second-order valence-electron chi connectivity index (χ2n) is 4.34. The van der Waals surface area contributed by atoms with Crippen molar-refractivity contribution in [3.8, 4) is 0 Å². The number of hydrogen-bond acceptors (Lipinski definition) is 3. The number of halogens is 3. The molecule has 2 heterocycles. The van der Waals surface area contributed by atoms with Crippen LogP contribution in [-0.4, -0.2) is 22.2 Å². The Bertz CT molecular complexity index is 501. The van der Waals surface area contributed by atoms with Gasteiger partial charge in [-0.25, -0.2) is 9.78 Å². The van der Waals surface area contributed by atoms with Gasteiger partial charge in [0.1, 0.15) is 5.69 Å². The molecule has 2 rings (SSSR count). The molecule has 0 saturated heterocycles. The molecule has 4 nitrogen and oxygen atoms in total. The second-order valence-corrected chi connectivity index (χ2v) is 4.34. The Morgan fingerprint density at radius 1 is 1.61 bits per heavy atom. The topological polar surface area (TPSA) is 59.4 Å². The van der Waals surface area contributed by atoms with Crippen LogP contribution in [0.1, 0.15) is 35.0 Å². The normalized spacial score (nSPS) is 22.9. The number of ether oxygens (including phenoxy) is 1. The molecule has 0 aromatic carbocycles. The lowest BCUT2D eigenvalue weighted by Gasteiger charge is -2.26. The molecule has 0 amide bonds. The number of alkyl halides is 3. The van der Waals surface area contributed by atoms with Gasteiger partial charge in [0, 0.05) is 11.8 Å².